The van der Waals surface area contributed by atoms with Crippen molar-refractivity contribution in [2.24, 2.45) is 0 Å². The van der Waals surface area contributed by atoms with Crippen molar-refractivity contribution >= 4 is 28.6 Å². The van der Waals surface area contributed by atoms with Gasteiger partial charge >= 0.3 is 0 Å². The first kappa shape index (κ1) is 17.1. The maximum atomic E-state index is 12.6. The van der Waals surface area contributed by atoms with Gasteiger partial charge in [-0.15, -0.1) is 22.7 Å². The van der Waals surface area contributed by atoms with Crippen molar-refractivity contribution in [3.05, 3.63) is 32.7 Å². The Bertz CT molecular complexity index is 729. The molecule has 0 N–H and O–H groups in total. The standard InChI is InChI=1S/C18H24N4OS2/c1-14-20-15(13-25-14)11-22-17(23)3-5-18(22)4-2-8-21(9-6-18)12-16-19-7-10-24-16/h7,10,13H,2-6,8-9,11-12H2,1H3/t18-/m1/s1. The number of carbonyl (C=O) groups excluding carboxylic acids is 1. The van der Waals surface area contributed by atoms with Crippen LogP contribution in [-0.4, -0.2) is 44.3 Å². The van der Waals surface area contributed by atoms with Gasteiger partial charge in [-0.1, -0.05) is 0 Å². The molecular formula is C18H24N4OS2. The van der Waals surface area contributed by atoms with Crippen LogP contribution in [0.25, 0.3) is 0 Å². The molecule has 2 aliphatic rings. The average Bonchev–Trinajstić information content (AvgIpc) is 3.27. The highest BCUT2D eigenvalue weighted by molar-refractivity contribution is 7.09. The van der Waals surface area contributed by atoms with E-state index >= 15 is 0 Å². The molecule has 0 aromatic carbocycles. The molecule has 0 bridgehead atoms. The number of nitrogens with zero attached hydrogens (tertiary/aromatic N) is 4. The Kier molecular flexibility index (Phi) is 4.88. The molecule has 2 aromatic rings. The Hall–Kier alpha value is -1.31. The molecule has 134 valence electrons. The summed E-state index contributed by atoms with van der Waals surface area (Å²) in [6.07, 6.45) is 6.89. The first-order valence-electron chi connectivity index (χ1n) is 8.97. The van der Waals surface area contributed by atoms with E-state index in [-0.39, 0.29) is 5.54 Å². The maximum Gasteiger partial charge on any atom is 0.223 e. The quantitative estimate of drug-likeness (QED) is 0.820. The van der Waals surface area contributed by atoms with E-state index in [4.69, 9.17) is 0 Å². The van der Waals surface area contributed by atoms with Crippen LogP contribution in [0.1, 0.15) is 47.8 Å². The average molecular weight is 377 g/mol. The molecule has 7 heteroatoms. The van der Waals surface area contributed by atoms with Gasteiger partial charge in [0.05, 0.1) is 23.8 Å². The van der Waals surface area contributed by atoms with Gasteiger partial charge < -0.3 is 4.90 Å². The van der Waals surface area contributed by atoms with Crippen molar-refractivity contribution in [1.29, 1.82) is 0 Å². The van der Waals surface area contributed by atoms with Crippen LogP contribution in [0, 0.1) is 6.92 Å². The fraction of sp³-hybridized carbons (Fsp3) is 0.611. The normalized spacial score (nSPS) is 25.0. The number of amides is 1. The van der Waals surface area contributed by atoms with Gasteiger partial charge in [0.15, 0.2) is 0 Å². The Balaban J connectivity index is 1.46. The SMILES string of the molecule is Cc1nc(CN2C(=O)CC[C@@]23CCCN(Cc2nccs2)CC3)cs1. The van der Waals surface area contributed by atoms with Crippen molar-refractivity contribution < 1.29 is 4.79 Å². The van der Waals surface area contributed by atoms with E-state index in [1.807, 2.05) is 18.5 Å². The topological polar surface area (TPSA) is 49.3 Å². The highest BCUT2D eigenvalue weighted by Gasteiger charge is 2.45. The summed E-state index contributed by atoms with van der Waals surface area (Å²) in [6, 6.07) is 0. The third-order valence-electron chi connectivity index (χ3n) is 5.52. The van der Waals surface area contributed by atoms with Gasteiger partial charge in [0.1, 0.15) is 5.01 Å². The van der Waals surface area contributed by atoms with Gasteiger partial charge in [0, 0.05) is 35.5 Å². The van der Waals surface area contributed by atoms with Crippen LogP contribution in [-0.2, 0) is 17.9 Å². The van der Waals surface area contributed by atoms with Crippen LogP contribution >= 0.6 is 22.7 Å². The minimum Gasteiger partial charge on any atom is -0.331 e. The number of aromatic nitrogens is 2. The van der Waals surface area contributed by atoms with Crippen molar-refractivity contribution in [1.82, 2.24) is 19.8 Å². The highest BCUT2D eigenvalue weighted by Crippen LogP contribution is 2.40. The van der Waals surface area contributed by atoms with Crippen LogP contribution < -0.4 is 0 Å². The molecule has 2 aromatic heterocycles. The minimum absolute atomic E-state index is 0.0340. The van der Waals surface area contributed by atoms with E-state index in [0.717, 1.165) is 56.0 Å². The third-order valence-corrected chi connectivity index (χ3v) is 7.10. The first-order valence-corrected chi connectivity index (χ1v) is 10.7. The number of thiazole rings is 2. The van der Waals surface area contributed by atoms with Gasteiger partial charge in [0.2, 0.25) is 5.91 Å². The molecule has 0 radical (unpaired) electrons. The fourth-order valence-corrected chi connectivity index (χ4v) is 5.47. The Morgan fingerprint density at radius 2 is 2.12 bits per heavy atom. The number of hydrogen-bond donors (Lipinski definition) is 0. The second-order valence-corrected chi connectivity index (χ2v) is 9.16. The Morgan fingerprint density at radius 3 is 2.88 bits per heavy atom. The minimum atomic E-state index is 0.0340. The van der Waals surface area contributed by atoms with Gasteiger partial charge in [-0.05, 0) is 39.2 Å². The number of hydrogen-bond acceptors (Lipinski definition) is 6. The molecule has 4 heterocycles. The van der Waals surface area contributed by atoms with Gasteiger partial charge in [-0.2, -0.15) is 0 Å². The van der Waals surface area contributed by atoms with E-state index < -0.39 is 0 Å². The summed E-state index contributed by atoms with van der Waals surface area (Å²) in [4.78, 5) is 26.2. The van der Waals surface area contributed by atoms with Crippen molar-refractivity contribution in [2.75, 3.05) is 13.1 Å². The fourth-order valence-electron chi connectivity index (χ4n) is 4.21. The molecule has 1 amide bonds. The van der Waals surface area contributed by atoms with E-state index in [9.17, 15) is 4.79 Å². The summed E-state index contributed by atoms with van der Waals surface area (Å²) in [7, 11) is 0. The van der Waals surface area contributed by atoms with Crippen LogP contribution in [0.2, 0.25) is 0 Å². The molecule has 2 saturated heterocycles. The zero-order valence-electron chi connectivity index (χ0n) is 14.6. The summed E-state index contributed by atoms with van der Waals surface area (Å²) in [5.41, 5.74) is 1.08. The van der Waals surface area contributed by atoms with Crippen LogP contribution in [0.4, 0.5) is 0 Å². The van der Waals surface area contributed by atoms with Crippen molar-refractivity contribution in [3.63, 3.8) is 0 Å². The lowest BCUT2D eigenvalue weighted by molar-refractivity contribution is -0.132. The molecule has 1 atom stereocenters. The van der Waals surface area contributed by atoms with Crippen molar-refractivity contribution in [3.8, 4) is 0 Å². The smallest absolute Gasteiger partial charge is 0.223 e. The lowest BCUT2D eigenvalue weighted by Crippen LogP contribution is -2.46. The monoisotopic (exact) mass is 376 g/mol. The molecule has 4 rings (SSSR count). The molecule has 2 aliphatic heterocycles. The van der Waals surface area contributed by atoms with Gasteiger partial charge in [-0.25, -0.2) is 9.97 Å². The zero-order chi connectivity index (χ0) is 17.3. The second-order valence-electron chi connectivity index (χ2n) is 7.12. The van der Waals surface area contributed by atoms with Gasteiger partial charge in [0.25, 0.3) is 0 Å². The first-order chi connectivity index (χ1) is 12.1. The van der Waals surface area contributed by atoms with E-state index in [0.29, 0.717) is 18.9 Å². The Morgan fingerprint density at radius 1 is 1.20 bits per heavy atom. The molecule has 25 heavy (non-hydrogen) atoms. The summed E-state index contributed by atoms with van der Waals surface area (Å²) in [6.45, 7) is 5.78. The largest absolute Gasteiger partial charge is 0.331 e. The van der Waals surface area contributed by atoms with Gasteiger partial charge in [-0.3, -0.25) is 9.69 Å². The number of rotatable bonds is 4. The Labute approximate surface area is 156 Å². The van der Waals surface area contributed by atoms with Crippen LogP contribution in [0.5, 0.6) is 0 Å². The molecule has 5 nitrogen and oxygen atoms in total. The number of carbonyl (C=O) groups is 1. The maximum absolute atomic E-state index is 12.6. The predicted molar refractivity (Wildman–Crippen MR) is 101 cm³/mol. The second kappa shape index (κ2) is 7.13. The molecule has 0 unspecified atom stereocenters. The summed E-state index contributed by atoms with van der Waals surface area (Å²) in [5.74, 6) is 0.305. The number of aryl methyl sites for hydroxylation is 1. The highest BCUT2D eigenvalue weighted by atomic mass is 32.1. The van der Waals surface area contributed by atoms with E-state index in [2.05, 4.69) is 25.1 Å². The molecular weight excluding hydrogens is 352 g/mol. The van der Waals surface area contributed by atoms with E-state index in [1.165, 1.54) is 5.01 Å². The van der Waals surface area contributed by atoms with Crippen molar-refractivity contribution in [2.45, 2.75) is 57.7 Å². The number of likely N-dealkylation sites (tertiary alicyclic amines) is 2. The summed E-state index contributed by atoms with van der Waals surface area (Å²) >= 11 is 3.40. The predicted octanol–water partition coefficient (Wildman–Crippen LogP) is 3.46. The van der Waals surface area contributed by atoms with Crippen LogP contribution in [0.3, 0.4) is 0 Å². The van der Waals surface area contributed by atoms with Crippen LogP contribution in [0.15, 0.2) is 17.0 Å². The molecule has 0 saturated carbocycles. The summed E-state index contributed by atoms with van der Waals surface area (Å²) in [5, 5.41) is 6.40. The lowest BCUT2D eigenvalue weighted by atomic mass is 9.87. The lowest BCUT2D eigenvalue weighted by Gasteiger charge is -2.38. The third kappa shape index (κ3) is 3.64. The zero-order valence-corrected chi connectivity index (χ0v) is 16.2. The van der Waals surface area contributed by atoms with E-state index in [1.54, 1.807) is 22.7 Å². The molecule has 0 aliphatic carbocycles. The molecule has 2 fully saturated rings. The molecule has 1 spiro atoms. The summed E-state index contributed by atoms with van der Waals surface area (Å²) < 4.78 is 0.